The molecular formula is C13H28NO2P. The molecule has 0 radical (unpaired) electrons. The van der Waals surface area contributed by atoms with E-state index in [-0.39, 0.29) is 4.92 Å². The Hall–Kier alpha value is -0.300. The number of hydrogen-bond acceptors (Lipinski definition) is 2. The van der Waals surface area contributed by atoms with Gasteiger partial charge in [-0.2, -0.15) is 0 Å². The molecule has 17 heavy (non-hydrogen) atoms. The van der Waals surface area contributed by atoms with Gasteiger partial charge >= 0.3 is 0 Å². The number of nitro groups is 1. The monoisotopic (exact) mass is 261 g/mol. The highest BCUT2D eigenvalue weighted by Crippen LogP contribution is 2.49. The lowest BCUT2D eigenvalue weighted by Gasteiger charge is -2.22. The maximum atomic E-state index is 10.9. The lowest BCUT2D eigenvalue weighted by atomic mass is 10.4. The molecule has 0 aromatic rings. The van der Waals surface area contributed by atoms with Crippen LogP contribution in [0.1, 0.15) is 59.3 Å². The van der Waals surface area contributed by atoms with Crippen LogP contribution in [-0.4, -0.2) is 29.3 Å². The average Bonchev–Trinajstić information content (AvgIpc) is 2.30. The van der Waals surface area contributed by atoms with Gasteiger partial charge in [0.25, 0.3) is 0 Å². The molecule has 0 bridgehead atoms. The molecule has 0 aromatic carbocycles. The molecule has 0 saturated carbocycles. The van der Waals surface area contributed by atoms with Gasteiger partial charge in [-0.05, 0) is 44.6 Å². The summed E-state index contributed by atoms with van der Waals surface area (Å²) in [7, 11) is 0. The Morgan fingerprint density at radius 3 is 1.53 bits per heavy atom. The van der Waals surface area contributed by atoms with Crippen LogP contribution in [0.3, 0.4) is 0 Å². The van der Waals surface area contributed by atoms with Crippen LogP contribution in [-0.2, 0) is 0 Å². The summed E-state index contributed by atoms with van der Waals surface area (Å²) < 4.78 is 0. The zero-order valence-electron chi connectivity index (χ0n) is 11.7. The van der Waals surface area contributed by atoms with E-state index in [9.17, 15) is 10.1 Å². The molecule has 0 atom stereocenters. The van der Waals surface area contributed by atoms with E-state index < -0.39 is 6.89 Å². The van der Waals surface area contributed by atoms with Crippen molar-refractivity contribution in [3.05, 3.63) is 10.1 Å². The Labute approximate surface area is 106 Å². The predicted molar refractivity (Wildman–Crippen MR) is 79.3 cm³/mol. The number of rotatable bonds is 10. The third-order valence-electron chi connectivity index (χ3n) is 3.21. The average molecular weight is 261 g/mol. The molecule has 0 amide bonds. The quantitative estimate of drug-likeness (QED) is 0.331. The van der Waals surface area contributed by atoms with Gasteiger partial charge in [-0.1, -0.05) is 40.0 Å². The highest BCUT2D eigenvalue weighted by atomic mass is 31.2. The second kappa shape index (κ2) is 9.70. The summed E-state index contributed by atoms with van der Waals surface area (Å²) in [4.78, 5) is 10.7. The molecular weight excluding hydrogens is 233 g/mol. The molecule has 0 aromatic heterocycles. The normalized spacial score (nSPS) is 11.5. The summed E-state index contributed by atoms with van der Waals surface area (Å²) in [6, 6.07) is 0. The summed E-state index contributed by atoms with van der Waals surface area (Å²) in [5.41, 5.74) is 0. The van der Waals surface area contributed by atoms with E-state index in [0.29, 0.717) is 0 Å². The van der Waals surface area contributed by atoms with Crippen molar-refractivity contribution in [3.63, 3.8) is 0 Å². The maximum Gasteiger partial charge on any atom is 0.226 e. The zero-order valence-corrected chi connectivity index (χ0v) is 12.5. The van der Waals surface area contributed by atoms with Crippen molar-refractivity contribution in [2.45, 2.75) is 59.3 Å². The fourth-order valence-electron chi connectivity index (χ4n) is 2.13. The third kappa shape index (κ3) is 7.59. The molecule has 0 saturated heterocycles. The van der Waals surface area contributed by atoms with E-state index in [1.165, 1.54) is 5.92 Å². The van der Waals surface area contributed by atoms with Crippen LogP contribution in [0, 0.1) is 10.1 Å². The lowest BCUT2D eigenvalue weighted by Crippen LogP contribution is -2.08. The minimum absolute atomic E-state index is 0.172. The minimum atomic E-state index is -1.43. The molecule has 0 unspecified atom stereocenters. The second-order valence-electron chi connectivity index (χ2n) is 4.85. The van der Waals surface area contributed by atoms with E-state index in [1.54, 1.807) is 0 Å². The number of hydrogen-bond donors (Lipinski definition) is 0. The highest BCUT2D eigenvalue weighted by Gasteiger charge is 2.20. The van der Waals surface area contributed by atoms with Crippen LogP contribution in [0.4, 0.5) is 0 Å². The van der Waals surface area contributed by atoms with E-state index in [1.807, 2.05) is 0 Å². The lowest BCUT2D eigenvalue weighted by molar-refractivity contribution is -0.335. The molecule has 0 aliphatic carbocycles. The Bertz CT molecular complexity index is 236. The zero-order chi connectivity index (χ0) is 13.1. The van der Waals surface area contributed by atoms with Gasteiger partial charge in [0.1, 0.15) is 0 Å². The van der Waals surface area contributed by atoms with Gasteiger partial charge < -0.3 is 0 Å². The molecule has 0 aliphatic heterocycles. The first-order chi connectivity index (χ1) is 8.10. The standard InChI is InChI=1S/C13H28NO2P/c1-4-7-10-17(11-8-5-2,12-9-6-3)13-14(15)16/h13H,4-12H2,1-3H3. The molecule has 0 N–H and O–H groups in total. The van der Waals surface area contributed by atoms with Gasteiger partial charge in [0.05, 0.1) is 4.92 Å². The molecule has 0 aliphatic rings. The van der Waals surface area contributed by atoms with Crippen molar-refractivity contribution in [3.8, 4) is 0 Å². The fourth-order valence-corrected chi connectivity index (χ4v) is 6.38. The van der Waals surface area contributed by atoms with Gasteiger partial charge in [0.15, 0.2) is 0 Å². The van der Waals surface area contributed by atoms with Crippen molar-refractivity contribution in [1.29, 1.82) is 0 Å². The molecule has 102 valence electrons. The first-order valence-electron chi connectivity index (χ1n) is 6.95. The van der Waals surface area contributed by atoms with Crippen LogP contribution < -0.4 is 0 Å². The van der Waals surface area contributed by atoms with Gasteiger partial charge in [-0.15, -0.1) is 0 Å². The van der Waals surface area contributed by atoms with E-state index in [2.05, 4.69) is 20.8 Å². The minimum Gasteiger partial charge on any atom is -0.259 e. The van der Waals surface area contributed by atoms with Gasteiger partial charge in [0, 0.05) is 0 Å². The molecule has 0 fully saturated rings. The number of unbranched alkanes of at least 4 members (excludes halogenated alkanes) is 3. The summed E-state index contributed by atoms with van der Waals surface area (Å²) in [5.74, 6) is 1.51. The SMILES string of the molecule is CCCCP(=C[N+](=O)[O-])(CCCC)CCCC. The molecule has 0 spiro atoms. The van der Waals surface area contributed by atoms with Gasteiger partial charge in [-0.25, -0.2) is 0 Å². The van der Waals surface area contributed by atoms with Crippen LogP contribution in [0.15, 0.2) is 0 Å². The highest BCUT2D eigenvalue weighted by molar-refractivity contribution is 7.74. The smallest absolute Gasteiger partial charge is 0.226 e. The summed E-state index contributed by atoms with van der Waals surface area (Å²) in [5, 5.41) is 10.9. The maximum absolute atomic E-state index is 10.9. The topological polar surface area (TPSA) is 43.1 Å². The van der Waals surface area contributed by atoms with Crippen molar-refractivity contribution in [1.82, 2.24) is 0 Å². The van der Waals surface area contributed by atoms with Crippen LogP contribution >= 0.6 is 6.89 Å². The first kappa shape index (κ1) is 16.7. The van der Waals surface area contributed by atoms with Gasteiger partial charge in [0.2, 0.25) is 5.92 Å². The number of nitrogens with zero attached hydrogens (tertiary/aromatic N) is 1. The van der Waals surface area contributed by atoms with Crippen molar-refractivity contribution in [2.24, 2.45) is 0 Å². The van der Waals surface area contributed by atoms with Crippen LogP contribution in [0.25, 0.3) is 0 Å². The van der Waals surface area contributed by atoms with Crippen molar-refractivity contribution in [2.75, 3.05) is 18.5 Å². The summed E-state index contributed by atoms with van der Waals surface area (Å²) >= 11 is 0. The molecule has 0 heterocycles. The van der Waals surface area contributed by atoms with Crippen molar-refractivity contribution < 1.29 is 4.92 Å². The van der Waals surface area contributed by atoms with Crippen LogP contribution in [0.2, 0.25) is 0 Å². The summed E-state index contributed by atoms with van der Waals surface area (Å²) in [6.07, 6.45) is 10.1. The second-order valence-corrected chi connectivity index (χ2v) is 8.86. The van der Waals surface area contributed by atoms with E-state index in [0.717, 1.165) is 57.0 Å². The van der Waals surface area contributed by atoms with E-state index >= 15 is 0 Å². The Morgan fingerprint density at radius 2 is 1.29 bits per heavy atom. The van der Waals surface area contributed by atoms with Gasteiger partial charge in [-0.3, -0.25) is 10.1 Å². The Balaban J connectivity index is 4.84. The van der Waals surface area contributed by atoms with Crippen LogP contribution in [0.5, 0.6) is 0 Å². The third-order valence-corrected chi connectivity index (χ3v) is 7.51. The van der Waals surface area contributed by atoms with E-state index in [4.69, 9.17) is 0 Å². The Morgan fingerprint density at radius 1 is 0.941 bits per heavy atom. The molecule has 3 nitrogen and oxygen atoms in total. The predicted octanol–water partition coefficient (Wildman–Crippen LogP) is 4.44. The largest absolute Gasteiger partial charge is 0.259 e. The fraction of sp³-hybridized carbons (Fsp3) is 0.923. The molecule has 0 rings (SSSR count). The molecule has 4 heteroatoms. The van der Waals surface area contributed by atoms with Crippen molar-refractivity contribution >= 4 is 12.8 Å². The first-order valence-corrected chi connectivity index (χ1v) is 9.37. The Kier molecular flexibility index (Phi) is 9.53. The summed E-state index contributed by atoms with van der Waals surface area (Å²) in [6.45, 7) is 5.08.